The average molecular weight is 400 g/mol. The zero-order valence-electron chi connectivity index (χ0n) is 13.9. The largest absolute Gasteiger partial charge is 0.481 e. The van der Waals surface area contributed by atoms with Gasteiger partial charge in [-0.25, -0.2) is 8.42 Å². The lowest BCUT2D eigenvalue weighted by molar-refractivity contribution is -0.832. The van der Waals surface area contributed by atoms with Gasteiger partial charge in [0.1, 0.15) is 13.2 Å². The smallest absolute Gasteiger partial charge is 0.415 e. The second kappa shape index (κ2) is 8.98. The predicted octanol–water partition coefficient (Wildman–Crippen LogP) is 0.318. The molecule has 12 heteroatoms. The van der Waals surface area contributed by atoms with Gasteiger partial charge >= 0.3 is 22.8 Å². The number of hydrogen-bond donors (Lipinski definition) is 1. The Balaban J connectivity index is 1.94. The summed E-state index contributed by atoms with van der Waals surface area (Å²) < 4.78 is 39.2. The summed E-state index contributed by atoms with van der Waals surface area (Å²) >= 11 is 0. The Labute approximate surface area is 153 Å². The number of rotatable bonds is 10. The van der Waals surface area contributed by atoms with Gasteiger partial charge in [0.2, 0.25) is 0 Å². The van der Waals surface area contributed by atoms with Gasteiger partial charge in [-0.2, -0.15) is 0 Å². The third-order valence-corrected chi connectivity index (χ3v) is 4.94. The Kier molecular flexibility index (Phi) is 6.71. The first-order valence-electron chi connectivity index (χ1n) is 7.72. The van der Waals surface area contributed by atoms with E-state index in [-0.39, 0.29) is 42.3 Å². The number of carbonyl (C=O) groups is 2. The number of aliphatic carboxylic acids is 1. The fourth-order valence-electron chi connectivity index (χ4n) is 1.99. The molecule has 1 N–H and O–H groups in total. The Hall–Kier alpha value is -3.15. The molecule has 0 aliphatic rings. The van der Waals surface area contributed by atoms with E-state index in [1.807, 2.05) is 0 Å². The second-order valence-electron chi connectivity index (χ2n) is 5.17. The van der Waals surface area contributed by atoms with Crippen molar-refractivity contribution >= 4 is 21.8 Å². The fourth-order valence-corrected chi connectivity index (χ4v) is 3.29. The van der Waals surface area contributed by atoms with Crippen LogP contribution in [0, 0.1) is 5.21 Å². The molecule has 1 heterocycles. The number of carbonyl (C=O) groups excluding carboxylic acids is 1. The third-order valence-electron chi connectivity index (χ3n) is 3.21. The van der Waals surface area contributed by atoms with E-state index in [2.05, 4.69) is 9.79 Å². The molecule has 1 aromatic carbocycles. The molecule has 146 valence electrons. The molecular formula is C15H16N2O9S. The van der Waals surface area contributed by atoms with Crippen LogP contribution in [0.4, 0.5) is 0 Å². The Bertz CT molecular complexity index is 893. The lowest BCUT2D eigenvalue weighted by Crippen LogP contribution is -2.31. The van der Waals surface area contributed by atoms with Gasteiger partial charge in [0.15, 0.2) is 0 Å². The van der Waals surface area contributed by atoms with Crippen LogP contribution >= 0.6 is 0 Å². The molecule has 0 unspecified atom stereocenters. The maximum atomic E-state index is 12.5. The number of aromatic nitrogens is 2. The molecule has 0 amide bonds. The highest BCUT2D eigenvalue weighted by atomic mass is 32.2. The van der Waals surface area contributed by atoms with Crippen LogP contribution in [0.25, 0.3) is 0 Å². The van der Waals surface area contributed by atoms with E-state index in [0.29, 0.717) is 0 Å². The highest BCUT2D eigenvalue weighted by Crippen LogP contribution is 2.24. The highest BCUT2D eigenvalue weighted by Gasteiger charge is 2.35. The monoisotopic (exact) mass is 400 g/mol. The van der Waals surface area contributed by atoms with Crippen molar-refractivity contribution in [2.24, 2.45) is 0 Å². The van der Waals surface area contributed by atoms with Crippen molar-refractivity contribution in [1.29, 1.82) is 0 Å². The van der Waals surface area contributed by atoms with Gasteiger partial charge in [0.05, 0.1) is 10.1 Å². The van der Waals surface area contributed by atoms with Crippen molar-refractivity contribution in [3.05, 3.63) is 35.5 Å². The molecule has 2 rings (SSSR count). The van der Waals surface area contributed by atoms with Gasteiger partial charge in [-0.3, -0.25) is 14.2 Å². The zero-order chi connectivity index (χ0) is 19.9. The van der Waals surface area contributed by atoms with Crippen LogP contribution in [0.3, 0.4) is 0 Å². The summed E-state index contributed by atoms with van der Waals surface area (Å²) in [6.07, 6.45) is -0.104. The van der Waals surface area contributed by atoms with Crippen molar-refractivity contribution in [3.8, 4) is 5.88 Å². The normalized spacial score (nSPS) is 11.1. The van der Waals surface area contributed by atoms with E-state index in [4.69, 9.17) is 14.6 Å². The molecule has 0 spiro atoms. The van der Waals surface area contributed by atoms with Crippen molar-refractivity contribution < 1.29 is 42.1 Å². The number of carboxylic acid groups (broad SMARTS) is 1. The Morgan fingerprint density at radius 1 is 1.19 bits per heavy atom. The van der Waals surface area contributed by atoms with Crippen molar-refractivity contribution in [2.75, 3.05) is 13.2 Å². The molecule has 0 atom stereocenters. The van der Waals surface area contributed by atoms with Gasteiger partial charge in [-0.1, -0.05) is 18.2 Å². The van der Waals surface area contributed by atoms with Crippen molar-refractivity contribution in [1.82, 2.24) is 5.16 Å². The molecular weight excluding hydrogens is 384 g/mol. The van der Waals surface area contributed by atoms with Gasteiger partial charge in [0, 0.05) is 12.8 Å². The summed E-state index contributed by atoms with van der Waals surface area (Å²) in [5, 5.41) is 22.6. The van der Waals surface area contributed by atoms with Gasteiger partial charge in [-0.05, 0) is 23.5 Å². The first-order chi connectivity index (χ1) is 12.8. The molecule has 0 fully saturated rings. The minimum absolute atomic E-state index is 0.0789. The molecule has 27 heavy (non-hydrogen) atoms. The number of hydrogen-bond acceptors (Lipinski definition) is 9. The molecule has 0 aliphatic heterocycles. The average Bonchev–Trinajstić information content (AvgIpc) is 3.00. The molecule has 2 aromatic rings. The zero-order valence-corrected chi connectivity index (χ0v) is 14.8. The summed E-state index contributed by atoms with van der Waals surface area (Å²) in [5.74, 6) is -2.21. The molecule has 1 aromatic heterocycles. The molecule has 0 saturated carbocycles. The van der Waals surface area contributed by atoms with E-state index in [0.717, 1.165) is 0 Å². The molecule has 0 bridgehead atoms. The molecule has 0 radical (unpaired) electrons. The first-order valence-corrected chi connectivity index (χ1v) is 9.20. The minimum atomic E-state index is -4.22. The Morgan fingerprint density at radius 3 is 2.56 bits per heavy atom. The molecule has 11 nitrogen and oxygen atoms in total. The van der Waals surface area contributed by atoms with Crippen LogP contribution in [0.15, 0.2) is 44.9 Å². The van der Waals surface area contributed by atoms with Crippen LogP contribution in [-0.4, -0.2) is 43.8 Å². The highest BCUT2D eigenvalue weighted by molar-refractivity contribution is 7.91. The number of ether oxygens (including phenoxy) is 2. The summed E-state index contributed by atoms with van der Waals surface area (Å²) in [4.78, 5) is 21.3. The standard InChI is InChI=1S/C15H16N2O9S/c18-12(19)7-4-8-13(20)24-9-10-25-14-15(17(21)26-16-14)27(22,23)11-5-2-1-3-6-11/h1-3,5-6H,4,7-10H2,(H,18,19). The number of benzene rings is 1. The summed E-state index contributed by atoms with van der Waals surface area (Å²) in [7, 11) is -4.22. The van der Waals surface area contributed by atoms with Crippen molar-refractivity contribution in [2.45, 2.75) is 29.2 Å². The summed E-state index contributed by atoms with van der Waals surface area (Å²) in [6.45, 7) is -0.531. The molecule has 0 aliphatic carbocycles. The lowest BCUT2D eigenvalue weighted by atomic mass is 10.2. The van der Waals surface area contributed by atoms with Crippen LogP contribution < -0.4 is 9.64 Å². The number of carboxylic acids is 1. The van der Waals surface area contributed by atoms with Gasteiger partial charge in [0.25, 0.3) is 9.84 Å². The summed E-state index contributed by atoms with van der Waals surface area (Å²) in [6, 6.07) is 7.18. The van der Waals surface area contributed by atoms with Crippen LogP contribution in [0.2, 0.25) is 0 Å². The lowest BCUT2D eigenvalue weighted by Gasteiger charge is -2.05. The topological polar surface area (TPSA) is 160 Å². The van der Waals surface area contributed by atoms with Crippen LogP contribution in [0.1, 0.15) is 19.3 Å². The predicted molar refractivity (Wildman–Crippen MR) is 85.3 cm³/mol. The Morgan fingerprint density at radius 2 is 1.89 bits per heavy atom. The maximum absolute atomic E-state index is 12.5. The summed E-state index contributed by atoms with van der Waals surface area (Å²) in [5.41, 5.74) is 0. The van der Waals surface area contributed by atoms with Crippen LogP contribution in [0.5, 0.6) is 5.88 Å². The van der Waals surface area contributed by atoms with E-state index >= 15 is 0 Å². The minimum Gasteiger partial charge on any atom is -0.481 e. The number of sulfone groups is 1. The molecule has 0 saturated heterocycles. The number of esters is 1. The van der Waals surface area contributed by atoms with Gasteiger partial charge in [-0.15, -0.1) is 0 Å². The SMILES string of the molecule is O=C(O)CCCC(=O)OCCOc1no[n+]([O-])c1S(=O)(=O)c1ccccc1. The van der Waals surface area contributed by atoms with E-state index < -0.39 is 32.7 Å². The van der Waals surface area contributed by atoms with E-state index in [1.54, 1.807) is 6.07 Å². The third kappa shape index (κ3) is 5.41. The van der Waals surface area contributed by atoms with E-state index in [1.165, 1.54) is 24.3 Å². The number of nitrogens with zero attached hydrogens (tertiary/aromatic N) is 2. The second-order valence-corrected chi connectivity index (χ2v) is 7.04. The first kappa shape index (κ1) is 20.2. The fraction of sp³-hybridized carbons (Fsp3) is 0.333. The van der Waals surface area contributed by atoms with Crippen LogP contribution in [-0.2, 0) is 24.2 Å². The van der Waals surface area contributed by atoms with Gasteiger partial charge < -0.3 is 19.8 Å². The van der Waals surface area contributed by atoms with E-state index in [9.17, 15) is 23.2 Å². The van der Waals surface area contributed by atoms with Crippen molar-refractivity contribution in [3.63, 3.8) is 0 Å². The quantitative estimate of drug-likeness (QED) is 0.334. The maximum Gasteiger partial charge on any atom is 0.415 e.